The van der Waals surface area contributed by atoms with Crippen LogP contribution in [0.2, 0.25) is 0 Å². The van der Waals surface area contributed by atoms with Gasteiger partial charge in [-0.15, -0.1) is 11.3 Å². The summed E-state index contributed by atoms with van der Waals surface area (Å²) in [5, 5.41) is 5.33. The minimum absolute atomic E-state index is 0.00379. The van der Waals surface area contributed by atoms with Crippen LogP contribution in [0.15, 0.2) is 64.4 Å². The highest BCUT2D eigenvalue weighted by molar-refractivity contribution is 7.15. The maximum Gasteiger partial charge on any atom is 0.261 e. The van der Waals surface area contributed by atoms with Gasteiger partial charge in [-0.25, -0.2) is 13.8 Å². The van der Waals surface area contributed by atoms with Crippen molar-refractivity contribution in [3.63, 3.8) is 0 Å². The molecule has 1 aliphatic rings. The Bertz CT molecular complexity index is 1210. The number of alkyl halides is 1. The van der Waals surface area contributed by atoms with Crippen molar-refractivity contribution in [3.8, 4) is 0 Å². The number of aryl methyl sites for hydroxylation is 1. The number of nitrogens with zero attached hydrogens (tertiary/aromatic N) is 2. The first-order chi connectivity index (χ1) is 16.0. The van der Waals surface area contributed by atoms with Crippen molar-refractivity contribution in [1.29, 1.82) is 0 Å². The van der Waals surface area contributed by atoms with E-state index in [4.69, 9.17) is 0 Å². The van der Waals surface area contributed by atoms with Gasteiger partial charge in [-0.3, -0.25) is 9.20 Å². The zero-order valence-electron chi connectivity index (χ0n) is 18.9. The molecule has 3 atom stereocenters. The third kappa shape index (κ3) is 5.31. The lowest BCUT2D eigenvalue weighted by atomic mass is 9.77. The monoisotopic (exact) mass is 469 g/mol. The van der Waals surface area contributed by atoms with Crippen molar-refractivity contribution in [3.05, 3.63) is 92.6 Å². The molecular weight excluding hydrogens is 440 g/mol. The SMILES string of the molecule is CCC(CCNCCc1c(C)nc2sccn2c1=O)C(C1=CC(F)C=C1)c1ccc(F)cc1. The summed E-state index contributed by atoms with van der Waals surface area (Å²) in [5.41, 5.74) is 3.49. The molecule has 4 rings (SSSR count). The van der Waals surface area contributed by atoms with Gasteiger partial charge < -0.3 is 5.32 Å². The average molecular weight is 470 g/mol. The Hall–Kier alpha value is -2.64. The van der Waals surface area contributed by atoms with Gasteiger partial charge in [-0.2, -0.15) is 0 Å². The lowest BCUT2D eigenvalue weighted by Crippen LogP contribution is -2.27. The molecule has 2 heterocycles. The van der Waals surface area contributed by atoms with Gasteiger partial charge in [0.25, 0.3) is 5.56 Å². The van der Waals surface area contributed by atoms with Gasteiger partial charge in [0.15, 0.2) is 4.96 Å². The Morgan fingerprint density at radius 1 is 1.24 bits per heavy atom. The molecule has 0 radical (unpaired) electrons. The zero-order chi connectivity index (χ0) is 23.4. The molecule has 0 bridgehead atoms. The van der Waals surface area contributed by atoms with Gasteiger partial charge in [0, 0.05) is 28.8 Å². The van der Waals surface area contributed by atoms with E-state index in [1.165, 1.54) is 23.5 Å². The molecule has 33 heavy (non-hydrogen) atoms. The van der Waals surface area contributed by atoms with Crippen molar-refractivity contribution < 1.29 is 8.78 Å². The standard InChI is InChI=1S/C26H29F2N3OS/c1-3-18(24(20-6-9-22(28)16-20)19-4-7-21(27)8-5-19)10-12-29-13-11-23-17(2)30-26-31(25(23)32)14-15-33-26/h4-9,14-16,18,22,24,29H,3,10-13H2,1-2H3. The lowest BCUT2D eigenvalue weighted by Gasteiger charge is -2.28. The lowest BCUT2D eigenvalue weighted by molar-refractivity contribution is 0.406. The van der Waals surface area contributed by atoms with Crippen LogP contribution in [0.1, 0.15) is 42.5 Å². The largest absolute Gasteiger partial charge is 0.316 e. The summed E-state index contributed by atoms with van der Waals surface area (Å²) >= 11 is 1.46. The van der Waals surface area contributed by atoms with Gasteiger partial charge in [0.1, 0.15) is 12.0 Å². The molecule has 0 amide bonds. The van der Waals surface area contributed by atoms with E-state index in [0.29, 0.717) is 13.0 Å². The molecule has 0 spiro atoms. The second-order valence-corrected chi connectivity index (χ2v) is 9.37. The first-order valence-electron chi connectivity index (χ1n) is 11.4. The van der Waals surface area contributed by atoms with E-state index in [0.717, 1.165) is 46.7 Å². The number of fused-ring (bicyclic) bond motifs is 1. The average Bonchev–Trinajstić information content (AvgIpc) is 3.44. The molecule has 1 N–H and O–H groups in total. The van der Waals surface area contributed by atoms with Crippen molar-refractivity contribution in [2.45, 2.75) is 45.2 Å². The molecule has 0 saturated heterocycles. The number of nitrogens with one attached hydrogen (secondary N) is 1. The Kier molecular flexibility index (Phi) is 7.50. The molecule has 0 fully saturated rings. The number of benzene rings is 1. The molecule has 3 unspecified atom stereocenters. The summed E-state index contributed by atoms with van der Waals surface area (Å²) < 4.78 is 29.0. The van der Waals surface area contributed by atoms with E-state index < -0.39 is 6.17 Å². The fourth-order valence-electron chi connectivity index (χ4n) is 4.65. The number of hydrogen-bond acceptors (Lipinski definition) is 4. The third-order valence-electron chi connectivity index (χ3n) is 6.42. The minimum atomic E-state index is -1.06. The van der Waals surface area contributed by atoms with Gasteiger partial charge in [0.05, 0.1) is 0 Å². The zero-order valence-corrected chi connectivity index (χ0v) is 19.7. The summed E-state index contributed by atoms with van der Waals surface area (Å²) in [7, 11) is 0. The van der Waals surface area contributed by atoms with Crippen LogP contribution in [0.5, 0.6) is 0 Å². The molecule has 174 valence electrons. The number of hydrogen-bond donors (Lipinski definition) is 1. The summed E-state index contributed by atoms with van der Waals surface area (Å²) in [6.07, 6.45) is 8.22. The predicted molar refractivity (Wildman–Crippen MR) is 130 cm³/mol. The van der Waals surface area contributed by atoms with Crippen LogP contribution in [0, 0.1) is 18.7 Å². The number of rotatable bonds is 10. The minimum Gasteiger partial charge on any atom is -0.316 e. The number of halogens is 2. The third-order valence-corrected chi connectivity index (χ3v) is 7.18. The van der Waals surface area contributed by atoms with Crippen LogP contribution in [-0.2, 0) is 6.42 Å². The predicted octanol–water partition coefficient (Wildman–Crippen LogP) is 5.37. The summed E-state index contributed by atoms with van der Waals surface area (Å²) in [5.74, 6) is 0.0275. The molecule has 1 aromatic carbocycles. The van der Waals surface area contributed by atoms with Crippen LogP contribution in [0.4, 0.5) is 8.78 Å². The molecule has 3 aromatic rings. The highest BCUT2D eigenvalue weighted by Gasteiger charge is 2.27. The highest BCUT2D eigenvalue weighted by atomic mass is 32.1. The van der Waals surface area contributed by atoms with Crippen LogP contribution in [0.25, 0.3) is 4.96 Å². The topological polar surface area (TPSA) is 46.4 Å². The van der Waals surface area contributed by atoms with Crippen molar-refractivity contribution in [2.75, 3.05) is 13.1 Å². The first kappa shape index (κ1) is 23.5. The van der Waals surface area contributed by atoms with E-state index in [1.54, 1.807) is 34.9 Å². The summed E-state index contributed by atoms with van der Waals surface area (Å²) in [6, 6.07) is 6.55. The maximum atomic E-state index is 13.9. The van der Waals surface area contributed by atoms with Gasteiger partial charge >= 0.3 is 0 Å². The summed E-state index contributed by atoms with van der Waals surface area (Å²) in [4.78, 5) is 18.0. The maximum absolute atomic E-state index is 13.9. The quantitative estimate of drug-likeness (QED) is 0.406. The molecule has 0 saturated carbocycles. The number of thiazole rings is 1. The van der Waals surface area contributed by atoms with Gasteiger partial charge in [-0.05, 0) is 74.2 Å². The first-order valence-corrected chi connectivity index (χ1v) is 12.3. The fraction of sp³-hybridized carbons (Fsp3) is 0.385. The Morgan fingerprint density at radius 2 is 2.03 bits per heavy atom. The summed E-state index contributed by atoms with van der Waals surface area (Å²) in [6.45, 7) is 5.48. The van der Waals surface area contributed by atoms with E-state index in [2.05, 4.69) is 17.2 Å². The van der Waals surface area contributed by atoms with E-state index in [1.807, 2.05) is 18.4 Å². The normalized spacial score (nSPS) is 17.5. The molecule has 0 aliphatic heterocycles. The van der Waals surface area contributed by atoms with Crippen molar-refractivity contribution in [2.24, 2.45) is 5.92 Å². The molecule has 2 aromatic heterocycles. The van der Waals surface area contributed by atoms with Crippen LogP contribution >= 0.6 is 11.3 Å². The second kappa shape index (κ2) is 10.5. The van der Waals surface area contributed by atoms with Crippen LogP contribution in [0.3, 0.4) is 0 Å². The fourth-order valence-corrected chi connectivity index (χ4v) is 5.40. The molecular formula is C26H29F2N3OS. The van der Waals surface area contributed by atoms with E-state index in [9.17, 15) is 13.6 Å². The van der Waals surface area contributed by atoms with Gasteiger partial charge in [0.2, 0.25) is 0 Å². The van der Waals surface area contributed by atoms with E-state index >= 15 is 0 Å². The van der Waals surface area contributed by atoms with E-state index in [-0.39, 0.29) is 23.2 Å². The van der Waals surface area contributed by atoms with Crippen molar-refractivity contribution >= 4 is 16.3 Å². The molecule has 7 heteroatoms. The van der Waals surface area contributed by atoms with Crippen LogP contribution < -0.4 is 10.9 Å². The molecule has 1 aliphatic carbocycles. The Balaban J connectivity index is 1.39. The number of aromatic nitrogens is 2. The Labute approximate surface area is 196 Å². The number of allylic oxidation sites excluding steroid dienone is 4. The van der Waals surface area contributed by atoms with Gasteiger partial charge in [-0.1, -0.05) is 31.6 Å². The molecule has 4 nitrogen and oxygen atoms in total. The Morgan fingerprint density at radius 3 is 2.73 bits per heavy atom. The van der Waals surface area contributed by atoms with Crippen LogP contribution in [-0.4, -0.2) is 28.6 Å². The smallest absolute Gasteiger partial charge is 0.261 e. The second-order valence-electron chi connectivity index (χ2n) is 8.49. The van der Waals surface area contributed by atoms with Crippen molar-refractivity contribution in [1.82, 2.24) is 14.7 Å². The highest BCUT2D eigenvalue weighted by Crippen LogP contribution is 2.38.